The van der Waals surface area contributed by atoms with Gasteiger partial charge in [0, 0.05) is 18.8 Å². The number of benzene rings is 1. The van der Waals surface area contributed by atoms with E-state index < -0.39 is 5.97 Å². The van der Waals surface area contributed by atoms with Crippen LogP contribution in [-0.2, 0) is 13.5 Å². The SMILES string of the molecule is CCc1nn(C)cc1-c1cc(C(=O)O)ccc1C. The Morgan fingerprint density at radius 3 is 2.72 bits per heavy atom. The minimum atomic E-state index is -0.904. The van der Waals surface area contributed by atoms with E-state index in [1.807, 2.05) is 33.2 Å². The maximum absolute atomic E-state index is 11.0. The second-order valence-corrected chi connectivity index (χ2v) is 4.35. The van der Waals surface area contributed by atoms with Crippen molar-refractivity contribution in [1.29, 1.82) is 0 Å². The zero-order valence-electron chi connectivity index (χ0n) is 10.8. The van der Waals surface area contributed by atoms with Crippen LogP contribution in [0.25, 0.3) is 11.1 Å². The minimum Gasteiger partial charge on any atom is -0.478 e. The molecule has 0 aliphatic heterocycles. The van der Waals surface area contributed by atoms with Crippen LogP contribution in [0.1, 0.15) is 28.5 Å². The summed E-state index contributed by atoms with van der Waals surface area (Å²) >= 11 is 0. The second-order valence-electron chi connectivity index (χ2n) is 4.35. The Balaban J connectivity index is 2.62. The highest BCUT2D eigenvalue weighted by atomic mass is 16.4. The van der Waals surface area contributed by atoms with Crippen molar-refractivity contribution in [1.82, 2.24) is 9.78 Å². The average Bonchev–Trinajstić information content (AvgIpc) is 2.70. The number of carboxylic acid groups (broad SMARTS) is 1. The van der Waals surface area contributed by atoms with Gasteiger partial charge < -0.3 is 5.11 Å². The Labute approximate surface area is 106 Å². The van der Waals surface area contributed by atoms with Crippen LogP contribution in [0.3, 0.4) is 0 Å². The van der Waals surface area contributed by atoms with Crippen molar-refractivity contribution >= 4 is 5.97 Å². The van der Waals surface area contributed by atoms with Crippen molar-refractivity contribution in [2.75, 3.05) is 0 Å². The quantitative estimate of drug-likeness (QED) is 0.903. The maximum Gasteiger partial charge on any atom is 0.335 e. The third kappa shape index (κ3) is 2.14. The van der Waals surface area contributed by atoms with Gasteiger partial charge in [-0.2, -0.15) is 5.10 Å². The van der Waals surface area contributed by atoms with Crippen LogP contribution in [0.5, 0.6) is 0 Å². The van der Waals surface area contributed by atoms with Crippen LogP contribution in [0.4, 0.5) is 0 Å². The van der Waals surface area contributed by atoms with Gasteiger partial charge in [0.2, 0.25) is 0 Å². The van der Waals surface area contributed by atoms with Crippen LogP contribution in [0.2, 0.25) is 0 Å². The largest absolute Gasteiger partial charge is 0.478 e. The van der Waals surface area contributed by atoms with E-state index in [2.05, 4.69) is 5.10 Å². The Morgan fingerprint density at radius 2 is 2.11 bits per heavy atom. The second kappa shape index (κ2) is 4.64. The van der Waals surface area contributed by atoms with E-state index in [0.717, 1.165) is 28.8 Å². The molecular formula is C14H16N2O2. The van der Waals surface area contributed by atoms with Crippen molar-refractivity contribution in [3.63, 3.8) is 0 Å². The molecule has 1 aromatic carbocycles. The van der Waals surface area contributed by atoms with E-state index in [4.69, 9.17) is 5.11 Å². The molecule has 0 fully saturated rings. The molecule has 0 radical (unpaired) electrons. The summed E-state index contributed by atoms with van der Waals surface area (Å²) in [5, 5.41) is 13.4. The number of aryl methyl sites for hydroxylation is 3. The number of nitrogens with zero attached hydrogens (tertiary/aromatic N) is 2. The van der Waals surface area contributed by atoms with E-state index in [-0.39, 0.29) is 0 Å². The standard InChI is InChI=1S/C14H16N2O2/c1-4-13-12(8-16(3)15-13)11-7-10(14(17)18)6-5-9(11)2/h5-8H,4H2,1-3H3,(H,17,18). The lowest BCUT2D eigenvalue weighted by Gasteiger charge is -2.06. The molecular weight excluding hydrogens is 228 g/mol. The molecule has 0 unspecified atom stereocenters. The van der Waals surface area contributed by atoms with Crippen LogP contribution < -0.4 is 0 Å². The molecule has 1 aromatic heterocycles. The fourth-order valence-corrected chi connectivity index (χ4v) is 2.07. The third-order valence-corrected chi connectivity index (χ3v) is 3.01. The van der Waals surface area contributed by atoms with E-state index in [0.29, 0.717) is 5.56 Å². The van der Waals surface area contributed by atoms with E-state index in [9.17, 15) is 4.79 Å². The molecule has 18 heavy (non-hydrogen) atoms. The van der Waals surface area contributed by atoms with Gasteiger partial charge in [-0.25, -0.2) is 4.79 Å². The maximum atomic E-state index is 11.0. The molecule has 0 amide bonds. The Kier molecular flexibility index (Phi) is 3.19. The van der Waals surface area contributed by atoms with E-state index >= 15 is 0 Å². The van der Waals surface area contributed by atoms with Gasteiger partial charge in [0.05, 0.1) is 11.3 Å². The molecule has 2 rings (SSSR count). The first kappa shape index (κ1) is 12.4. The molecule has 4 nitrogen and oxygen atoms in total. The zero-order chi connectivity index (χ0) is 13.3. The van der Waals surface area contributed by atoms with Gasteiger partial charge in [-0.3, -0.25) is 4.68 Å². The number of rotatable bonds is 3. The summed E-state index contributed by atoms with van der Waals surface area (Å²) in [7, 11) is 1.87. The van der Waals surface area contributed by atoms with Crippen LogP contribution >= 0.6 is 0 Å². The average molecular weight is 244 g/mol. The summed E-state index contributed by atoms with van der Waals surface area (Å²) < 4.78 is 1.76. The monoisotopic (exact) mass is 244 g/mol. The number of aromatic nitrogens is 2. The van der Waals surface area contributed by atoms with Crippen LogP contribution in [0.15, 0.2) is 24.4 Å². The first-order valence-electron chi connectivity index (χ1n) is 5.89. The molecule has 2 aromatic rings. The molecule has 0 saturated carbocycles. The van der Waals surface area contributed by atoms with Gasteiger partial charge in [-0.15, -0.1) is 0 Å². The number of carboxylic acids is 1. The Bertz CT molecular complexity index is 600. The number of aromatic carboxylic acids is 1. The van der Waals surface area contributed by atoms with Crippen molar-refractivity contribution in [3.8, 4) is 11.1 Å². The lowest BCUT2D eigenvalue weighted by molar-refractivity contribution is 0.0697. The summed E-state index contributed by atoms with van der Waals surface area (Å²) in [6.07, 6.45) is 2.76. The topological polar surface area (TPSA) is 55.1 Å². The van der Waals surface area contributed by atoms with Gasteiger partial charge in [0.1, 0.15) is 0 Å². The predicted octanol–water partition coefficient (Wildman–Crippen LogP) is 2.66. The molecule has 0 aliphatic rings. The molecule has 0 saturated heterocycles. The molecule has 1 heterocycles. The molecule has 0 bridgehead atoms. The molecule has 94 valence electrons. The lowest BCUT2D eigenvalue weighted by atomic mass is 9.98. The predicted molar refractivity (Wildman–Crippen MR) is 69.7 cm³/mol. The summed E-state index contributed by atoms with van der Waals surface area (Å²) in [6, 6.07) is 5.18. The fourth-order valence-electron chi connectivity index (χ4n) is 2.07. The van der Waals surface area contributed by atoms with Gasteiger partial charge in [-0.05, 0) is 36.6 Å². The highest BCUT2D eigenvalue weighted by Crippen LogP contribution is 2.27. The summed E-state index contributed by atoms with van der Waals surface area (Å²) in [5.41, 5.74) is 4.31. The summed E-state index contributed by atoms with van der Waals surface area (Å²) in [6.45, 7) is 4.02. The third-order valence-electron chi connectivity index (χ3n) is 3.01. The zero-order valence-corrected chi connectivity index (χ0v) is 10.8. The molecule has 0 aliphatic carbocycles. The van der Waals surface area contributed by atoms with E-state index in [1.54, 1.807) is 16.8 Å². The smallest absolute Gasteiger partial charge is 0.335 e. The summed E-state index contributed by atoms with van der Waals surface area (Å²) in [5.74, 6) is -0.904. The molecule has 0 spiro atoms. The lowest BCUT2D eigenvalue weighted by Crippen LogP contribution is -1.97. The van der Waals surface area contributed by atoms with Crippen molar-refractivity contribution in [3.05, 3.63) is 41.2 Å². The summed E-state index contributed by atoms with van der Waals surface area (Å²) in [4.78, 5) is 11.0. The number of hydrogen-bond donors (Lipinski definition) is 1. The van der Waals surface area contributed by atoms with Crippen LogP contribution in [0, 0.1) is 6.92 Å². The van der Waals surface area contributed by atoms with Crippen molar-refractivity contribution < 1.29 is 9.90 Å². The van der Waals surface area contributed by atoms with Crippen molar-refractivity contribution in [2.45, 2.75) is 20.3 Å². The van der Waals surface area contributed by atoms with Crippen LogP contribution in [-0.4, -0.2) is 20.9 Å². The number of hydrogen-bond acceptors (Lipinski definition) is 2. The van der Waals surface area contributed by atoms with Crippen molar-refractivity contribution in [2.24, 2.45) is 7.05 Å². The molecule has 0 atom stereocenters. The van der Waals surface area contributed by atoms with E-state index in [1.165, 1.54) is 0 Å². The molecule has 4 heteroatoms. The Morgan fingerprint density at radius 1 is 1.39 bits per heavy atom. The van der Waals surface area contributed by atoms with Gasteiger partial charge >= 0.3 is 5.97 Å². The first-order valence-corrected chi connectivity index (χ1v) is 5.89. The van der Waals surface area contributed by atoms with Gasteiger partial charge in [0.15, 0.2) is 0 Å². The van der Waals surface area contributed by atoms with Gasteiger partial charge in [-0.1, -0.05) is 13.0 Å². The first-order chi connectivity index (χ1) is 8.52. The molecule has 1 N–H and O–H groups in total. The number of carbonyl (C=O) groups is 1. The Hall–Kier alpha value is -2.10. The van der Waals surface area contributed by atoms with Gasteiger partial charge in [0.25, 0.3) is 0 Å². The fraction of sp³-hybridized carbons (Fsp3) is 0.286. The highest BCUT2D eigenvalue weighted by Gasteiger charge is 2.13. The minimum absolute atomic E-state index is 0.307. The normalized spacial score (nSPS) is 10.6. The highest BCUT2D eigenvalue weighted by molar-refractivity contribution is 5.90.